The molecular formula is C22H34N4O. The van der Waals surface area contributed by atoms with Gasteiger partial charge in [0.05, 0.1) is 30.1 Å². The molecule has 5 nitrogen and oxygen atoms in total. The Kier molecular flexibility index (Phi) is 5.57. The lowest BCUT2D eigenvalue weighted by molar-refractivity contribution is 0.0205. The standard InChI is InChI=1S/C22H34N4O/c1-20(2,14-21(3,4)27)15-22(23)12-17(18-13-24-10-11-25-18)19(26-22)16-8-6-5-7-9-16/h5-9,13,17,19,26-27H,10-12,14-15,23H2,1-4H3/t17-,19+,22-/m1/s1. The molecule has 0 unspecified atom stereocenters. The van der Waals surface area contributed by atoms with Crippen molar-refractivity contribution in [2.75, 3.05) is 13.1 Å². The number of nitrogens with one attached hydrogen (secondary N) is 1. The molecule has 0 bridgehead atoms. The van der Waals surface area contributed by atoms with Crippen molar-refractivity contribution in [1.29, 1.82) is 0 Å². The first-order chi connectivity index (χ1) is 12.6. The first-order valence-corrected chi connectivity index (χ1v) is 9.95. The van der Waals surface area contributed by atoms with Gasteiger partial charge in [-0.15, -0.1) is 0 Å². The minimum Gasteiger partial charge on any atom is -0.390 e. The zero-order valence-corrected chi connectivity index (χ0v) is 17.1. The normalized spacial score (nSPS) is 29.0. The number of aliphatic imine (C=N–C) groups is 2. The summed E-state index contributed by atoms with van der Waals surface area (Å²) in [5.41, 5.74) is 7.88. The van der Waals surface area contributed by atoms with Gasteiger partial charge in [0.15, 0.2) is 0 Å². The highest BCUT2D eigenvalue weighted by atomic mass is 16.3. The van der Waals surface area contributed by atoms with Gasteiger partial charge in [0, 0.05) is 18.2 Å². The fourth-order valence-electron chi connectivity index (χ4n) is 5.09. The number of aliphatic hydroxyl groups is 1. The quantitative estimate of drug-likeness (QED) is 0.719. The average Bonchev–Trinajstić information content (AvgIpc) is 2.91. The first kappa shape index (κ1) is 20.2. The lowest BCUT2D eigenvalue weighted by Crippen LogP contribution is -2.52. The summed E-state index contributed by atoms with van der Waals surface area (Å²) in [5.74, 6) is 0.208. The van der Waals surface area contributed by atoms with Gasteiger partial charge in [-0.3, -0.25) is 15.3 Å². The summed E-state index contributed by atoms with van der Waals surface area (Å²) in [5, 5.41) is 14.0. The topological polar surface area (TPSA) is 83.0 Å². The number of hydrogen-bond acceptors (Lipinski definition) is 5. The molecule has 1 aromatic rings. The molecule has 5 heteroatoms. The Balaban J connectivity index is 1.85. The summed E-state index contributed by atoms with van der Waals surface area (Å²) in [6.45, 7) is 9.63. The first-order valence-electron chi connectivity index (χ1n) is 9.95. The van der Waals surface area contributed by atoms with Gasteiger partial charge in [0.25, 0.3) is 0 Å². The van der Waals surface area contributed by atoms with Crippen molar-refractivity contribution in [3.05, 3.63) is 35.9 Å². The zero-order valence-electron chi connectivity index (χ0n) is 17.1. The van der Waals surface area contributed by atoms with Crippen LogP contribution in [0, 0.1) is 11.3 Å². The predicted octanol–water partition coefficient (Wildman–Crippen LogP) is 3.09. The Morgan fingerprint density at radius 3 is 2.48 bits per heavy atom. The van der Waals surface area contributed by atoms with Gasteiger partial charge in [0.2, 0.25) is 0 Å². The van der Waals surface area contributed by atoms with E-state index in [2.05, 4.69) is 48.4 Å². The van der Waals surface area contributed by atoms with Crippen LogP contribution in [0.1, 0.15) is 58.6 Å². The number of benzene rings is 1. The van der Waals surface area contributed by atoms with Gasteiger partial charge in [-0.05, 0) is 44.1 Å². The van der Waals surface area contributed by atoms with Crippen LogP contribution >= 0.6 is 0 Å². The van der Waals surface area contributed by atoms with Crippen molar-refractivity contribution in [1.82, 2.24) is 5.32 Å². The molecule has 27 heavy (non-hydrogen) atoms. The third kappa shape index (κ3) is 5.24. The predicted molar refractivity (Wildman–Crippen MR) is 112 cm³/mol. The van der Waals surface area contributed by atoms with E-state index in [4.69, 9.17) is 10.7 Å². The Morgan fingerprint density at radius 2 is 1.89 bits per heavy atom. The van der Waals surface area contributed by atoms with E-state index in [0.717, 1.165) is 31.6 Å². The second kappa shape index (κ2) is 7.46. The van der Waals surface area contributed by atoms with Gasteiger partial charge in [-0.2, -0.15) is 0 Å². The SMILES string of the molecule is CC(C)(O)CC(C)(C)C[C@@]1(N)C[C@H](C2=NCCN=C2)[C@H](c2ccccc2)N1. The van der Waals surface area contributed by atoms with Crippen molar-refractivity contribution >= 4 is 11.9 Å². The summed E-state index contributed by atoms with van der Waals surface area (Å²) in [6, 6.07) is 10.6. The van der Waals surface area contributed by atoms with E-state index in [9.17, 15) is 5.11 Å². The lowest BCUT2D eigenvalue weighted by Gasteiger charge is -2.38. The van der Waals surface area contributed by atoms with Crippen LogP contribution < -0.4 is 11.1 Å². The van der Waals surface area contributed by atoms with E-state index in [1.165, 1.54) is 5.56 Å². The van der Waals surface area contributed by atoms with Crippen molar-refractivity contribution in [3.8, 4) is 0 Å². The largest absolute Gasteiger partial charge is 0.390 e. The minimum absolute atomic E-state index is 0.0847. The van der Waals surface area contributed by atoms with E-state index in [1.807, 2.05) is 26.1 Å². The van der Waals surface area contributed by atoms with Gasteiger partial charge in [0.1, 0.15) is 0 Å². The van der Waals surface area contributed by atoms with Gasteiger partial charge >= 0.3 is 0 Å². The zero-order chi connectivity index (χ0) is 19.7. The third-order valence-corrected chi connectivity index (χ3v) is 5.42. The third-order valence-electron chi connectivity index (χ3n) is 5.42. The molecule has 1 fully saturated rings. The summed E-state index contributed by atoms with van der Waals surface area (Å²) in [6.07, 6.45) is 4.23. The van der Waals surface area contributed by atoms with Gasteiger partial charge in [-0.1, -0.05) is 44.2 Å². The van der Waals surface area contributed by atoms with Crippen LogP contribution in [0.2, 0.25) is 0 Å². The van der Waals surface area contributed by atoms with E-state index in [0.29, 0.717) is 6.42 Å². The molecule has 148 valence electrons. The van der Waals surface area contributed by atoms with E-state index in [1.54, 1.807) is 0 Å². The van der Waals surface area contributed by atoms with E-state index < -0.39 is 11.3 Å². The summed E-state index contributed by atoms with van der Waals surface area (Å²) < 4.78 is 0. The molecule has 4 N–H and O–H groups in total. The molecule has 1 saturated heterocycles. The Hall–Kier alpha value is -1.56. The van der Waals surface area contributed by atoms with Crippen molar-refractivity contribution in [3.63, 3.8) is 0 Å². The molecule has 0 radical (unpaired) electrons. The molecule has 2 heterocycles. The molecule has 1 aromatic carbocycles. The number of nitrogens with zero attached hydrogens (tertiary/aromatic N) is 2. The van der Waals surface area contributed by atoms with Crippen LogP contribution in [-0.2, 0) is 0 Å². The Morgan fingerprint density at radius 1 is 1.19 bits per heavy atom. The second-order valence-electron chi connectivity index (χ2n) is 9.67. The van der Waals surface area contributed by atoms with Crippen LogP contribution in [0.25, 0.3) is 0 Å². The van der Waals surface area contributed by atoms with Gasteiger partial charge in [-0.25, -0.2) is 0 Å². The fraction of sp³-hybridized carbons (Fsp3) is 0.636. The summed E-state index contributed by atoms with van der Waals surface area (Å²) >= 11 is 0. The maximum absolute atomic E-state index is 10.3. The van der Waals surface area contributed by atoms with Crippen molar-refractivity contribution in [2.45, 2.75) is 64.3 Å². The molecule has 0 aliphatic carbocycles. The van der Waals surface area contributed by atoms with Crippen molar-refractivity contribution in [2.24, 2.45) is 27.1 Å². The van der Waals surface area contributed by atoms with Gasteiger partial charge < -0.3 is 10.8 Å². The van der Waals surface area contributed by atoms with Crippen LogP contribution in [0.5, 0.6) is 0 Å². The molecule has 0 amide bonds. The number of nitrogens with two attached hydrogens (primary N) is 1. The van der Waals surface area contributed by atoms with Crippen LogP contribution in [0.4, 0.5) is 0 Å². The highest BCUT2D eigenvalue weighted by Gasteiger charge is 2.47. The molecule has 3 atom stereocenters. The lowest BCUT2D eigenvalue weighted by atomic mass is 9.74. The maximum atomic E-state index is 10.3. The average molecular weight is 371 g/mol. The Bertz CT molecular complexity index is 705. The van der Waals surface area contributed by atoms with Crippen LogP contribution in [0.15, 0.2) is 40.3 Å². The summed E-state index contributed by atoms with van der Waals surface area (Å²) in [7, 11) is 0. The van der Waals surface area contributed by atoms with E-state index >= 15 is 0 Å². The summed E-state index contributed by atoms with van der Waals surface area (Å²) in [4.78, 5) is 9.19. The Labute approximate surface area is 163 Å². The molecule has 3 rings (SSSR count). The number of hydrogen-bond donors (Lipinski definition) is 3. The molecule has 0 saturated carbocycles. The highest BCUT2D eigenvalue weighted by Crippen LogP contribution is 2.43. The second-order valence-corrected chi connectivity index (χ2v) is 9.67. The minimum atomic E-state index is -0.711. The molecule has 2 aliphatic heterocycles. The molecule has 0 aromatic heterocycles. The monoisotopic (exact) mass is 370 g/mol. The maximum Gasteiger partial charge on any atom is 0.0679 e. The van der Waals surface area contributed by atoms with Crippen LogP contribution in [-0.4, -0.2) is 41.4 Å². The van der Waals surface area contributed by atoms with E-state index in [-0.39, 0.29) is 17.4 Å². The molecule has 2 aliphatic rings. The molecule has 0 spiro atoms. The smallest absolute Gasteiger partial charge is 0.0679 e. The van der Waals surface area contributed by atoms with Crippen LogP contribution in [0.3, 0.4) is 0 Å². The molecular weight excluding hydrogens is 336 g/mol. The van der Waals surface area contributed by atoms with Crippen molar-refractivity contribution < 1.29 is 5.11 Å². The fourth-order valence-corrected chi connectivity index (χ4v) is 5.09. The number of rotatable bonds is 6. The highest BCUT2D eigenvalue weighted by molar-refractivity contribution is 6.32.